The minimum absolute atomic E-state index is 0.0695. The van der Waals surface area contributed by atoms with Gasteiger partial charge >= 0.3 is 6.09 Å². The van der Waals surface area contributed by atoms with Gasteiger partial charge in [0.1, 0.15) is 11.9 Å². The van der Waals surface area contributed by atoms with Gasteiger partial charge in [-0.05, 0) is 29.9 Å². The van der Waals surface area contributed by atoms with Gasteiger partial charge in [-0.3, -0.25) is 5.32 Å². The fourth-order valence-corrected chi connectivity index (χ4v) is 1.38. The number of ether oxygens (including phenoxy) is 1. The smallest absolute Gasteiger partial charge is 0.413 e. The van der Waals surface area contributed by atoms with Crippen molar-refractivity contribution in [2.75, 3.05) is 5.32 Å². The Morgan fingerprint density at radius 2 is 2.12 bits per heavy atom. The number of pyridine rings is 1. The van der Waals surface area contributed by atoms with Crippen LogP contribution < -0.4 is 5.32 Å². The summed E-state index contributed by atoms with van der Waals surface area (Å²) < 4.78 is 5.07. The molecule has 0 bridgehead atoms. The molecule has 92 valence electrons. The molecule has 4 nitrogen and oxygen atoms in total. The zero-order chi connectivity index (χ0) is 12.5. The van der Waals surface area contributed by atoms with Crippen LogP contribution in [0.25, 0.3) is 0 Å². The zero-order valence-electron chi connectivity index (χ0n) is 10.5. The number of aromatic nitrogens is 1. The SMILES string of the molecule is CC(C)(C)c1ccc(NC(=O)OC2CC2)nc1. The molecule has 0 aliphatic heterocycles. The lowest BCUT2D eigenvalue weighted by molar-refractivity contribution is 0.154. The predicted molar refractivity (Wildman–Crippen MR) is 66.1 cm³/mol. The van der Waals surface area contributed by atoms with E-state index in [0.29, 0.717) is 5.82 Å². The minimum atomic E-state index is -0.413. The first-order valence-electron chi connectivity index (χ1n) is 5.89. The molecule has 0 saturated heterocycles. The lowest BCUT2D eigenvalue weighted by Crippen LogP contribution is -2.16. The Balaban J connectivity index is 1.95. The number of hydrogen-bond donors (Lipinski definition) is 1. The topological polar surface area (TPSA) is 51.2 Å². The molecule has 1 N–H and O–H groups in total. The molecule has 1 amide bonds. The molecule has 0 spiro atoms. The van der Waals surface area contributed by atoms with Crippen LogP contribution in [0.5, 0.6) is 0 Å². The van der Waals surface area contributed by atoms with E-state index in [-0.39, 0.29) is 11.5 Å². The second kappa shape index (κ2) is 4.35. The van der Waals surface area contributed by atoms with Gasteiger partial charge in [0.2, 0.25) is 0 Å². The number of anilines is 1. The van der Waals surface area contributed by atoms with Gasteiger partial charge in [0, 0.05) is 6.20 Å². The normalized spacial score (nSPS) is 15.5. The lowest BCUT2D eigenvalue weighted by Gasteiger charge is -2.18. The summed E-state index contributed by atoms with van der Waals surface area (Å²) in [5.41, 5.74) is 1.21. The van der Waals surface area contributed by atoms with E-state index in [1.54, 1.807) is 12.3 Å². The van der Waals surface area contributed by atoms with Crippen molar-refractivity contribution in [2.24, 2.45) is 0 Å². The van der Waals surface area contributed by atoms with Gasteiger partial charge in [0.05, 0.1) is 0 Å². The van der Waals surface area contributed by atoms with Crippen molar-refractivity contribution in [1.82, 2.24) is 4.98 Å². The predicted octanol–water partition coefficient (Wildman–Crippen LogP) is 3.09. The summed E-state index contributed by atoms with van der Waals surface area (Å²) in [5, 5.41) is 2.62. The molecule has 1 aliphatic rings. The van der Waals surface area contributed by atoms with Crippen LogP contribution in [0.1, 0.15) is 39.2 Å². The van der Waals surface area contributed by atoms with Gasteiger partial charge in [0.25, 0.3) is 0 Å². The van der Waals surface area contributed by atoms with Crippen molar-refractivity contribution < 1.29 is 9.53 Å². The quantitative estimate of drug-likeness (QED) is 0.855. The van der Waals surface area contributed by atoms with Crippen LogP contribution in [0.3, 0.4) is 0 Å². The first-order valence-corrected chi connectivity index (χ1v) is 5.89. The number of hydrogen-bond acceptors (Lipinski definition) is 3. The second-order valence-electron chi connectivity index (χ2n) is 5.41. The number of carbonyl (C=O) groups excluding carboxylic acids is 1. The Morgan fingerprint density at radius 1 is 1.41 bits per heavy atom. The summed E-state index contributed by atoms with van der Waals surface area (Å²) in [4.78, 5) is 15.6. The maximum absolute atomic E-state index is 11.4. The number of nitrogens with zero attached hydrogens (tertiary/aromatic N) is 1. The standard InChI is InChI=1S/C13H18N2O2/c1-13(2,3)9-4-7-11(14-8-9)15-12(16)17-10-5-6-10/h4,7-8,10H,5-6H2,1-3H3,(H,14,15,16). The van der Waals surface area contributed by atoms with E-state index in [9.17, 15) is 4.79 Å². The van der Waals surface area contributed by atoms with E-state index in [0.717, 1.165) is 18.4 Å². The Labute approximate surface area is 101 Å². The summed E-state index contributed by atoms with van der Waals surface area (Å²) in [6, 6.07) is 3.77. The van der Waals surface area contributed by atoms with Gasteiger partial charge < -0.3 is 4.74 Å². The molecule has 0 unspecified atom stereocenters. The van der Waals surface area contributed by atoms with Gasteiger partial charge in [-0.2, -0.15) is 0 Å². The molecular formula is C13H18N2O2. The Kier molecular flexibility index (Phi) is 3.05. The van der Waals surface area contributed by atoms with Gasteiger partial charge in [-0.1, -0.05) is 26.8 Å². The van der Waals surface area contributed by atoms with Gasteiger partial charge in [-0.15, -0.1) is 0 Å². The van der Waals surface area contributed by atoms with Gasteiger partial charge in [-0.25, -0.2) is 9.78 Å². The summed E-state index contributed by atoms with van der Waals surface area (Å²) in [6.45, 7) is 6.37. The average molecular weight is 234 g/mol. The number of amides is 1. The van der Waals surface area contributed by atoms with Crippen molar-refractivity contribution >= 4 is 11.9 Å². The molecule has 2 rings (SSSR count). The van der Waals surface area contributed by atoms with Crippen LogP contribution >= 0.6 is 0 Å². The van der Waals surface area contributed by atoms with Gasteiger partial charge in [0.15, 0.2) is 0 Å². The summed E-state index contributed by atoms with van der Waals surface area (Å²) in [6.07, 6.45) is 3.44. The Morgan fingerprint density at radius 3 is 2.59 bits per heavy atom. The first kappa shape index (κ1) is 11.9. The highest BCUT2D eigenvalue weighted by molar-refractivity contribution is 5.83. The van der Waals surface area contributed by atoms with E-state index >= 15 is 0 Å². The maximum Gasteiger partial charge on any atom is 0.413 e. The average Bonchev–Trinajstić information content (AvgIpc) is 3.01. The van der Waals surface area contributed by atoms with Crippen molar-refractivity contribution in [2.45, 2.75) is 45.1 Å². The van der Waals surface area contributed by atoms with E-state index in [1.807, 2.05) is 6.07 Å². The third-order valence-corrected chi connectivity index (χ3v) is 2.66. The summed E-state index contributed by atoms with van der Waals surface area (Å²) in [5.74, 6) is 0.531. The van der Waals surface area contributed by atoms with Crippen molar-refractivity contribution in [3.8, 4) is 0 Å². The van der Waals surface area contributed by atoms with Crippen LogP contribution in [0.4, 0.5) is 10.6 Å². The van der Waals surface area contributed by atoms with E-state index in [4.69, 9.17) is 4.74 Å². The molecular weight excluding hydrogens is 216 g/mol. The largest absolute Gasteiger partial charge is 0.446 e. The highest BCUT2D eigenvalue weighted by Gasteiger charge is 2.26. The number of nitrogens with one attached hydrogen (secondary N) is 1. The molecule has 0 atom stereocenters. The van der Waals surface area contributed by atoms with E-state index in [1.165, 1.54) is 0 Å². The lowest BCUT2D eigenvalue weighted by atomic mass is 9.88. The molecule has 1 aromatic rings. The van der Waals surface area contributed by atoms with Crippen LogP contribution in [0.15, 0.2) is 18.3 Å². The molecule has 1 saturated carbocycles. The van der Waals surface area contributed by atoms with Crippen LogP contribution in [-0.4, -0.2) is 17.2 Å². The highest BCUT2D eigenvalue weighted by atomic mass is 16.6. The van der Waals surface area contributed by atoms with E-state index in [2.05, 4.69) is 31.1 Å². The second-order valence-corrected chi connectivity index (χ2v) is 5.41. The number of rotatable bonds is 2. The van der Waals surface area contributed by atoms with Crippen LogP contribution in [0.2, 0.25) is 0 Å². The third-order valence-electron chi connectivity index (χ3n) is 2.66. The molecule has 0 aromatic carbocycles. The summed E-state index contributed by atoms with van der Waals surface area (Å²) in [7, 11) is 0. The molecule has 4 heteroatoms. The Hall–Kier alpha value is -1.58. The number of carbonyl (C=O) groups is 1. The zero-order valence-corrected chi connectivity index (χ0v) is 10.5. The van der Waals surface area contributed by atoms with Crippen LogP contribution in [0, 0.1) is 0 Å². The van der Waals surface area contributed by atoms with Crippen molar-refractivity contribution in [3.63, 3.8) is 0 Å². The fraction of sp³-hybridized carbons (Fsp3) is 0.538. The molecule has 1 aromatic heterocycles. The third kappa shape index (κ3) is 3.44. The molecule has 1 heterocycles. The maximum atomic E-state index is 11.4. The first-order chi connectivity index (χ1) is 7.95. The highest BCUT2D eigenvalue weighted by Crippen LogP contribution is 2.24. The van der Waals surface area contributed by atoms with Crippen molar-refractivity contribution in [3.05, 3.63) is 23.9 Å². The fourth-order valence-electron chi connectivity index (χ4n) is 1.38. The molecule has 0 radical (unpaired) electrons. The van der Waals surface area contributed by atoms with E-state index < -0.39 is 6.09 Å². The molecule has 1 aliphatic carbocycles. The van der Waals surface area contributed by atoms with Crippen molar-refractivity contribution in [1.29, 1.82) is 0 Å². The minimum Gasteiger partial charge on any atom is -0.446 e. The summed E-state index contributed by atoms with van der Waals surface area (Å²) >= 11 is 0. The molecule has 1 fully saturated rings. The Bertz CT molecular complexity index is 402. The monoisotopic (exact) mass is 234 g/mol. The van der Waals surface area contributed by atoms with Crippen LogP contribution in [-0.2, 0) is 10.2 Å². The molecule has 17 heavy (non-hydrogen) atoms.